The Labute approximate surface area is 191 Å². The highest BCUT2D eigenvalue weighted by Crippen LogP contribution is 2.33. The summed E-state index contributed by atoms with van der Waals surface area (Å²) < 4.78 is 12.8. The first kappa shape index (κ1) is 20.5. The molecule has 0 unspecified atom stereocenters. The number of aryl methyl sites for hydroxylation is 1. The third-order valence-electron chi connectivity index (χ3n) is 4.67. The van der Waals surface area contributed by atoms with Gasteiger partial charge in [-0.15, -0.1) is 0 Å². The molecular weight excluding hydrogens is 519 g/mol. The van der Waals surface area contributed by atoms with E-state index in [9.17, 15) is 4.79 Å². The lowest BCUT2D eigenvalue weighted by Crippen LogP contribution is -2.00. The summed E-state index contributed by atoms with van der Waals surface area (Å²) in [6.45, 7) is 3.81. The Hall–Kier alpha value is -2.72. The van der Waals surface area contributed by atoms with Gasteiger partial charge in [0.2, 0.25) is 9.61 Å². The fourth-order valence-electron chi connectivity index (χ4n) is 3.26. The maximum atomic E-state index is 11.6. The monoisotopic (exact) mass is 534 g/mol. The first-order valence-electron chi connectivity index (χ1n) is 8.94. The molecule has 0 saturated carbocycles. The lowest BCUT2D eigenvalue weighted by molar-refractivity contribution is 0.110. The van der Waals surface area contributed by atoms with Crippen LogP contribution in [0.2, 0.25) is 5.02 Å². The van der Waals surface area contributed by atoms with E-state index in [0.717, 1.165) is 17.2 Å². The molecule has 152 valence electrons. The van der Waals surface area contributed by atoms with Crippen molar-refractivity contribution in [2.75, 3.05) is 7.11 Å². The topological polar surface area (TPSA) is 83.0 Å². The third kappa shape index (κ3) is 3.61. The molecule has 30 heavy (non-hydrogen) atoms. The smallest absolute Gasteiger partial charge is 0.278 e. The van der Waals surface area contributed by atoms with E-state index in [1.165, 1.54) is 7.11 Å². The predicted octanol–water partition coefficient (Wildman–Crippen LogP) is 5.44. The van der Waals surface area contributed by atoms with Crippen molar-refractivity contribution in [3.8, 4) is 34.4 Å². The molecule has 0 atom stereocenters. The van der Waals surface area contributed by atoms with Crippen molar-refractivity contribution in [1.29, 1.82) is 0 Å². The van der Waals surface area contributed by atoms with Gasteiger partial charge in [-0.3, -0.25) is 9.36 Å². The Morgan fingerprint density at radius 1 is 1.17 bits per heavy atom. The first-order chi connectivity index (χ1) is 14.4. The fraction of sp³-hybridized carbons (Fsp3) is 0.143. The average Bonchev–Trinajstić information content (AvgIpc) is 3.32. The number of nitrogens with zero attached hydrogens (tertiary/aromatic N) is 4. The molecule has 0 fully saturated rings. The zero-order chi connectivity index (χ0) is 21.4. The van der Waals surface area contributed by atoms with E-state index < -0.39 is 0 Å². The molecule has 0 aliphatic heterocycles. The number of halogens is 2. The number of ether oxygens (including phenoxy) is 1. The Balaban J connectivity index is 1.77. The largest absolute Gasteiger partial charge is 0.496 e. The lowest BCUT2D eigenvalue weighted by Gasteiger charge is -2.09. The van der Waals surface area contributed by atoms with E-state index in [1.54, 1.807) is 40.8 Å². The van der Waals surface area contributed by atoms with Gasteiger partial charge in [-0.2, -0.15) is 4.98 Å². The van der Waals surface area contributed by atoms with Crippen LogP contribution in [0.5, 0.6) is 5.75 Å². The van der Waals surface area contributed by atoms with Crippen LogP contribution in [0.1, 0.15) is 21.9 Å². The van der Waals surface area contributed by atoms with E-state index in [0.29, 0.717) is 33.4 Å². The summed E-state index contributed by atoms with van der Waals surface area (Å²) in [7, 11) is 1.53. The number of aromatic nitrogens is 4. The molecule has 0 saturated heterocycles. The van der Waals surface area contributed by atoms with Crippen LogP contribution in [0.4, 0.5) is 0 Å². The summed E-state index contributed by atoms with van der Waals surface area (Å²) in [5.74, 6) is 1.86. The van der Waals surface area contributed by atoms with E-state index in [4.69, 9.17) is 20.9 Å². The van der Waals surface area contributed by atoms with E-state index in [-0.39, 0.29) is 9.68 Å². The van der Waals surface area contributed by atoms with Crippen LogP contribution in [0.15, 0.2) is 47.0 Å². The number of rotatable bonds is 5. The van der Waals surface area contributed by atoms with Crippen molar-refractivity contribution in [1.82, 2.24) is 19.7 Å². The number of para-hydroxylation sites is 1. The van der Waals surface area contributed by atoms with Crippen LogP contribution in [0.25, 0.3) is 28.7 Å². The molecule has 0 spiro atoms. The molecule has 0 aliphatic rings. The molecule has 2 heterocycles. The maximum Gasteiger partial charge on any atom is 0.278 e. The summed E-state index contributed by atoms with van der Waals surface area (Å²) in [4.78, 5) is 20.8. The normalized spacial score (nSPS) is 11.0. The summed E-state index contributed by atoms with van der Waals surface area (Å²) >= 11 is 8.10. The van der Waals surface area contributed by atoms with Gasteiger partial charge in [-0.1, -0.05) is 28.9 Å². The highest BCUT2D eigenvalue weighted by molar-refractivity contribution is 14.1. The number of hydrogen-bond donors (Lipinski definition) is 0. The van der Waals surface area contributed by atoms with Crippen molar-refractivity contribution in [3.05, 3.63) is 64.6 Å². The number of carbonyl (C=O) groups is 1. The third-order valence-corrected chi connectivity index (χ3v) is 5.61. The number of hydrogen-bond acceptors (Lipinski definition) is 6. The molecule has 0 aliphatic carbocycles. The summed E-state index contributed by atoms with van der Waals surface area (Å²) in [5.41, 5.74) is 3.38. The van der Waals surface area contributed by atoms with Gasteiger partial charge < -0.3 is 9.26 Å². The SMILES string of the molecule is COc1cc(C(=O)I)ccc1-c1noc(-c2nc(C)n(-c3ccccc3Cl)c2C)n1. The van der Waals surface area contributed by atoms with Crippen LogP contribution in [0.3, 0.4) is 0 Å². The summed E-state index contributed by atoms with van der Waals surface area (Å²) in [5, 5.41) is 4.71. The summed E-state index contributed by atoms with van der Waals surface area (Å²) in [6.07, 6.45) is 0. The number of methoxy groups -OCH3 is 1. The molecule has 2 aromatic heterocycles. The minimum absolute atomic E-state index is 0.0811. The zero-order valence-electron chi connectivity index (χ0n) is 16.3. The van der Waals surface area contributed by atoms with Crippen LogP contribution >= 0.6 is 34.2 Å². The molecule has 0 bridgehead atoms. The quantitative estimate of drug-likeness (QED) is 0.250. The van der Waals surface area contributed by atoms with Gasteiger partial charge in [0.1, 0.15) is 17.3 Å². The van der Waals surface area contributed by atoms with E-state index >= 15 is 0 Å². The van der Waals surface area contributed by atoms with Gasteiger partial charge in [-0.25, -0.2) is 4.98 Å². The van der Waals surface area contributed by atoms with Crippen LogP contribution in [-0.2, 0) is 0 Å². The molecule has 0 N–H and O–H groups in total. The molecule has 0 amide bonds. The van der Waals surface area contributed by atoms with Gasteiger partial charge in [0, 0.05) is 28.2 Å². The second kappa shape index (κ2) is 8.19. The minimum Gasteiger partial charge on any atom is -0.496 e. The number of carbonyl (C=O) groups excluding carboxylic acids is 1. The molecular formula is C21H16ClIN4O3. The maximum absolute atomic E-state index is 11.6. The Bertz CT molecular complexity index is 1270. The van der Waals surface area contributed by atoms with Gasteiger partial charge in [-0.05, 0) is 44.2 Å². The zero-order valence-corrected chi connectivity index (χ0v) is 19.2. The van der Waals surface area contributed by atoms with E-state index in [2.05, 4.69) is 15.1 Å². The van der Waals surface area contributed by atoms with Crippen molar-refractivity contribution < 1.29 is 14.1 Å². The first-order valence-corrected chi connectivity index (χ1v) is 10.4. The highest BCUT2D eigenvalue weighted by Gasteiger charge is 2.22. The van der Waals surface area contributed by atoms with E-state index in [1.807, 2.05) is 42.7 Å². The molecule has 4 aromatic rings. The number of benzene rings is 2. The van der Waals surface area contributed by atoms with Gasteiger partial charge >= 0.3 is 0 Å². The Morgan fingerprint density at radius 2 is 1.93 bits per heavy atom. The molecule has 4 rings (SSSR count). The lowest BCUT2D eigenvalue weighted by atomic mass is 10.1. The Kier molecular flexibility index (Phi) is 5.61. The second-order valence-electron chi connectivity index (χ2n) is 6.49. The minimum atomic E-state index is -0.0811. The van der Waals surface area contributed by atoms with Crippen LogP contribution in [0, 0.1) is 13.8 Å². The number of imidazole rings is 1. The van der Waals surface area contributed by atoms with Crippen molar-refractivity contribution in [2.24, 2.45) is 0 Å². The standard InChI is InChI=1S/C21H16ClIN4O3/c1-11-18(24-12(2)27(11)16-7-5-4-6-15(16)22)21-25-20(26-30-21)14-9-8-13(19(23)28)10-17(14)29-3/h4-10H,1-3H3. The fourth-order valence-corrected chi connectivity index (χ4v) is 3.81. The van der Waals surface area contributed by atoms with Gasteiger partial charge in [0.05, 0.1) is 29.1 Å². The molecule has 2 aromatic carbocycles. The average molecular weight is 535 g/mol. The van der Waals surface area contributed by atoms with Crippen LogP contribution in [-0.4, -0.2) is 30.6 Å². The van der Waals surface area contributed by atoms with Crippen molar-refractivity contribution in [2.45, 2.75) is 13.8 Å². The molecule has 7 nitrogen and oxygen atoms in total. The van der Waals surface area contributed by atoms with Crippen LogP contribution < -0.4 is 4.74 Å². The Morgan fingerprint density at radius 3 is 2.63 bits per heavy atom. The molecule has 0 radical (unpaired) electrons. The van der Waals surface area contributed by atoms with Gasteiger partial charge in [0.15, 0.2) is 0 Å². The summed E-state index contributed by atoms with van der Waals surface area (Å²) in [6, 6.07) is 12.6. The van der Waals surface area contributed by atoms with Crippen molar-refractivity contribution >= 4 is 38.0 Å². The highest BCUT2D eigenvalue weighted by atomic mass is 127. The second-order valence-corrected chi connectivity index (χ2v) is 7.88. The molecule has 9 heteroatoms. The van der Waals surface area contributed by atoms with Crippen molar-refractivity contribution in [3.63, 3.8) is 0 Å². The predicted molar refractivity (Wildman–Crippen MR) is 122 cm³/mol. The van der Waals surface area contributed by atoms with Gasteiger partial charge in [0.25, 0.3) is 5.89 Å².